The number of hydrogen-bond acceptors (Lipinski definition) is 3. The Hall–Kier alpha value is -2.82. The third-order valence-corrected chi connectivity index (χ3v) is 3.90. The molecule has 0 saturated carbocycles. The zero-order chi connectivity index (χ0) is 18.8. The van der Waals surface area contributed by atoms with Crippen molar-refractivity contribution in [3.63, 3.8) is 0 Å². The van der Waals surface area contributed by atoms with Crippen molar-refractivity contribution in [1.82, 2.24) is 5.32 Å². The van der Waals surface area contributed by atoms with Crippen molar-refractivity contribution in [3.8, 4) is 5.75 Å². The van der Waals surface area contributed by atoms with Crippen LogP contribution in [0.15, 0.2) is 48.5 Å². The van der Waals surface area contributed by atoms with E-state index in [0.29, 0.717) is 23.5 Å². The van der Waals surface area contributed by atoms with Gasteiger partial charge in [-0.15, -0.1) is 0 Å². The van der Waals surface area contributed by atoms with Crippen molar-refractivity contribution in [2.75, 3.05) is 18.5 Å². The molecule has 5 heteroatoms. The van der Waals surface area contributed by atoms with Gasteiger partial charge >= 0.3 is 0 Å². The number of hydrogen-bond donors (Lipinski definition) is 2. The molecule has 2 amide bonds. The quantitative estimate of drug-likeness (QED) is 0.673. The topological polar surface area (TPSA) is 67.4 Å². The second kappa shape index (κ2) is 10.2. The van der Waals surface area contributed by atoms with Crippen LogP contribution in [-0.2, 0) is 11.2 Å². The zero-order valence-electron chi connectivity index (χ0n) is 15.4. The second-order valence-electron chi connectivity index (χ2n) is 6.03. The van der Waals surface area contributed by atoms with E-state index in [2.05, 4.69) is 24.5 Å². The number of carbonyl (C=O) groups excluding carboxylic acids is 2. The summed E-state index contributed by atoms with van der Waals surface area (Å²) in [4.78, 5) is 24.2. The lowest BCUT2D eigenvalue weighted by Crippen LogP contribution is -2.25. The molecule has 26 heavy (non-hydrogen) atoms. The summed E-state index contributed by atoms with van der Waals surface area (Å²) < 4.78 is 5.53. The molecule has 0 fully saturated rings. The first-order valence-electron chi connectivity index (χ1n) is 9.02. The average Bonchev–Trinajstić information content (AvgIpc) is 2.67. The van der Waals surface area contributed by atoms with E-state index >= 15 is 0 Å². The fraction of sp³-hybridized carbons (Fsp3) is 0.333. The SMILES string of the molecule is CCCCNC(=O)c1cccc(NC(=O)COc2cccc(CC)c2)c1. The minimum absolute atomic E-state index is 0.0832. The van der Waals surface area contributed by atoms with Crippen LogP contribution in [0.25, 0.3) is 0 Å². The summed E-state index contributed by atoms with van der Waals surface area (Å²) in [6, 6.07) is 14.6. The van der Waals surface area contributed by atoms with E-state index in [1.54, 1.807) is 24.3 Å². The molecule has 0 aromatic heterocycles. The highest BCUT2D eigenvalue weighted by molar-refractivity contribution is 5.97. The van der Waals surface area contributed by atoms with E-state index in [4.69, 9.17) is 4.74 Å². The second-order valence-corrected chi connectivity index (χ2v) is 6.03. The van der Waals surface area contributed by atoms with Crippen LogP contribution in [0.2, 0.25) is 0 Å². The van der Waals surface area contributed by atoms with Crippen molar-refractivity contribution in [2.45, 2.75) is 33.1 Å². The van der Waals surface area contributed by atoms with Gasteiger partial charge < -0.3 is 15.4 Å². The van der Waals surface area contributed by atoms with Crippen molar-refractivity contribution >= 4 is 17.5 Å². The summed E-state index contributed by atoms with van der Waals surface area (Å²) in [7, 11) is 0. The summed E-state index contributed by atoms with van der Waals surface area (Å²) in [6.07, 6.45) is 2.88. The summed E-state index contributed by atoms with van der Waals surface area (Å²) in [5.74, 6) is 0.265. The number of carbonyl (C=O) groups is 2. The molecule has 5 nitrogen and oxygen atoms in total. The van der Waals surface area contributed by atoms with Gasteiger partial charge in [0.15, 0.2) is 6.61 Å². The predicted octanol–water partition coefficient (Wildman–Crippen LogP) is 3.80. The maximum absolute atomic E-state index is 12.1. The molecule has 0 spiro atoms. The van der Waals surface area contributed by atoms with Crippen LogP contribution in [0.4, 0.5) is 5.69 Å². The van der Waals surface area contributed by atoms with Gasteiger partial charge in [0.25, 0.3) is 11.8 Å². The Balaban J connectivity index is 1.88. The molecule has 0 aliphatic rings. The lowest BCUT2D eigenvalue weighted by atomic mass is 10.2. The summed E-state index contributed by atoms with van der Waals surface area (Å²) in [5.41, 5.74) is 2.25. The number of anilines is 1. The molecule has 0 aliphatic carbocycles. The third-order valence-electron chi connectivity index (χ3n) is 3.90. The number of nitrogens with one attached hydrogen (secondary N) is 2. The third kappa shape index (κ3) is 6.24. The average molecular weight is 354 g/mol. The molecule has 2 N–H and O–H groups in total. The number of aryl methyl sites for hydroxylation is 1. The maximum Gasteiger partial charge on any atom is 0.262 e. The van der Waals surface area contributed by atoms with Crippen molar-refractivity contribution < 1.29 is 14.3 Å². The minimum atomic E-state index is -0.268. The van der Waals surface area contributed by atoms with Crippen molar-refractivity contribution in [3.05, 3.63) is 59.7 Å². The van der Waals surface area contributed by atoms with E-state index in [1.807, 2.05) is 24.3 Å². The highest BCUT2D eigenvalue weighted by Gasteiger charge is 2.08. The number of rotatable bonds is 9. The van der Waals surface area contributed by atoms with Gasteiger partial charge in [0.2, 0.25) is 0 Å². The predicted molar refractivity (Wildman–Crippen MR) is 104 cm³/mol. The molecule has 138 valence electrons. The molecule has 0 unspecified atom stereocenters. The first-order valence-corrected chi connectivity index (χ1v) is 9.02. The van der Waals surface area contributed by atoms with E-state index < -0.39 is 0 Å². The van der Waals surface area contributed by atoms with Crippen LogP contribution in [0.1, 0.15) is 42.6 Å². The Morgan fingerprint density at radius 3 is 2.62 bits per heavy atom. The summed E-state index contributed by atoms with van der Waals surface area (Å²) in [5, 5.41) is 5.62. The van der Waals surface area contributed by atoms with Crippen LogP contribution in [0, 0.1) is 0 Å². The van der Waals surface area contributed by atoms with Gasteiger partial charge in [-0.2, -0.15) is 0 Å². The van der Waals surface area contributed by atoms with E-state index in [1.165, 1.54) is 0 Å². The van der Waals surface area contributed by atoms with Crippen LogP contribution in [0.5, 0.6) is 5.75 Å². The lowest BCUT2D eigenvalue weighted by molar-refractivity contribution is -0.118. The first-order chi connectivity index (χ1) is 12.6. The smallest absolute Gasteiger partial charge is 0.262 e. The van der Waals surface area contributed by atoms with Crippen LogP contribution < -0.4 is 15.4 Å². The summed E-state index contributed by atoms with van der Waals surface area (Å²) >= 11 is 0. The van der Waals surface area contributed by atoms with Gasteiger partial charge in [0.1, 0.15) is 5.75 Å². The molecular formula is C21H26N2O3. The molecule has 0 bridgehead atoms. The molecule has 2 aromatic rings. The van der Waals surface area contributed by atoms with Crippen molar-refractivity contribution in [1.29, 1.82) is 0 Å². The fourth-order valence-corrected chi connectivity index (χ4v) is 2.42. The molecular weight excluding hydrogens is 328 g/mol. The van der Waals surface area contributed by atoms with E-state index in [-0.39, 0.29) is 18.4 Å². The monoisotopic (exact) mass is 354 g/mol. The van der Waals surface area contributed by atoms with Gasteiger partial charge in [0.05, 0.1) is 0 Å². The fourth-order valence-electron chi connectivity index (χ4n) is 2.42. The van der Waals surface area contributed by atoms with E-state index in [0.717, 1.165) is 24.8 Å². The zero-order valence-corrected chi connectivity index (χ0v) is 15.4. The Kier molecular flexibility index (Phi) is 7.68. The first kappa shape index (κ1) is 19.5. The van der Waals surface area contributed by atoms with Crippen LogP contribution in [-0.4, -0.2) is 25.0 Å². The van der Waals surface area contributed by atoms with Gasteiger partial charge in [0, 0.05) is 17.8 Å². The number of amides is 2. The van der Waals surface area contributed by atoms with Crippen LogP contribution >= 0.6 is 0 Å². The molecule has 0 heterocycles. The van der Waals surface area contributed by atoms with Gasteiger partial charge in [-0.25, -0.2) is 0 Å². The minimum Gasteiger partial charge on any atom is -0.484 e. The molecule has 2 rings (SSSR count). The van der Waals surface area contributed by atoms with Gasteiger partial charge in [-0.05, 0) is 48.7 Å². The number of unbranched alkanes of at least 4 members (excludes halogenated alkanes) is 1. The Morgan fingerprint density at radius 2 is 1.85 bits per heavy atom. The largest absolute Gasteiger partial charge is 0.484 e. The molecule has 0 radical (unpaired) electrons. The molecule has 2 aromatic carbocycles. The Labute approximate surface area is 154 Å². The van der Waals surface area contributed by atoms with E-state index in [9.17, 15) is 9.59 Å². The summed E-state index contributed by atoms with van der Waals surface area (Å²) in [6.45, 7) is 4.71. The maximum atomic E-state index is 12.1. The molecule has 0 saturated heterocycles. The Morgan fingerprint density at radius 1 is 1.04 bits per heavy atom. The Bertz CT molecular complexity index is 744. The van der Waals surface area contributed by atoms with Gasteiger partial charge in [-0.3, -0.25) is 9.59 Å². The highest BCUT2D eigenvalue weighted by atomic mass is 16.5. The number of ether oxygens (including phenoxy) is 1. The highest BCUT2D eigenvalue weighted by Crippen LogP contribution is 2.14. The lowest BCUT2D eigenvalue weighted by Gasteiger charge is -2.10. The molecule has 0 atom stereocenters. The number of benzene rings is 2. The normalized spacial score (nSPS) is 10.2. The molecule has 0 aliphatic heterocycles. The standard InChI is InChI=1S/C21H26N2O3/c1-3-5-12-22-21(25)17-9-7-10-18(14-17)23-20(24)15-26-19-11-6-8-16(4-2)13-19/h6-11,13-14H,3-5,12,15H2,1-2H3,(H,22,25)(H,23,24). The van der Waals surface area contributed by atoms with Crippen LogP contribution in [0.3, 0.4) is 0 Å². The van der Waals surface area contributed by atoms with Crippen molar-refractivity contribution in [2.24, 2.45) is 0 Å². The van der Waals surface area contributed by atoms with Gasteiger partial charge in [-0.1, -0.05) is 38.5 Å².